The van der Waals surface area contributed by atoms with Crippen molar-refractivity contribution in [1.82, 2.24) is 0 Å². The SMILES string of the molecule is COc1ccc(Cl)cc1C[NH+](C)CC(=O)Nc1ccc(OC(F)(F)F)cc1. The molecule has 0 aromatic heterocycles. The third-order valence-corrected chi connectivity index (χ3v) is 3.80. The monoisotopic (exact) mass is 403 g/mol. The van der Waals surface area contributed by atoms with Crippen LogP contribution in [-0.4, -0.2) is 33.0 Å². The number of hydrogen-bond donors (Lipinski definition) is 2. The fourth-order valence-corrected chi connectivity index (χ4v) is 2.69. The van der Waals surface area contributed by atoms with E-state index in [4.69, 9.17) is 16.3 Å². The van der Waals surface area contributed by atoms with Crippen molar-refractivity contribution in [2.75, 3.05) is 26.0 Å². The summed E-state index contributed by atoms with van der Waals surface area (Å²) in [6.07, 6.45) is -4.75. The number of methoxy groups -OCH3 is 1. The van der Waals surface area contributed by atoms with Gasteiger partial charge >= 0.3 is 6.36 Å². The number of amides is 1. The Morgan fingerprint density at radius 3 is 2.44 bits per heavy atom. The van der Waals surface area contributed by atoms with Gasteiger partial charge in [0.15, 0.2) is 6.54 Å². The van der Waals surface area contributed by atoms with Crippen LogP contribution in [0.25, 0.3) is 0 Å². The fourth-order valence-electron chi connectivity index (χ4n) is 2.49. The van der Waals surface area contributed by atoms with Crippen LogP contribution < -0.4 is 19.7 Å². The quantitative estimate of drug-likeness (QED) is 0.747. The van der Waals surface area contributed by atoms with Crippen molar-refractivity contribution >= 4 is 23.2 Å². The first-order valence-electron chi connectivity index (χ1n) is 7.95. The second-order valence-corrected chi connectivity index (χ2v) is 6.32. The van der Waals surface area contributed by atoms with Gasteiger partial charge in [-0.3, -0.25) is 4.79 Å². The summed E-state index contributed by atoms with van der Waals surface area (Å²) in [4.78, 5) is 13.0. The smallest absolute Gasteiger partial charge is 0.496 e. The molecule has 0 aliphatic rings. The standard InChI is InChI=1S/C18H18ClF3N2O3/c1-24(10-12-9-13(19)3-8-16(12)26-2)11-17(25)23-14-4-6-15(7-5-14)27-18(20,21)22/h3-9H,10-11H2,1-2H3,(H,23,25)/p+1. The van der Waals surface area contributed by atoms with Gasteiger partial charge in [-0.1, -0.05) is 11.6 Å². The van der Waals surface area contributed by atoms with Crippen LogP contribution in [0.15, 0.2) is 42.5 Å². The molecule has 0 radical (unpaired) electrons. The van der Waals surface area contributed by atoms with Crippen molar-refractivity contribution in [1.29, 1.82) is 0 Å². The molecule has 5 nitrogen and oxygen atoms in total. The Morgan fingerprint density at radius 1 is 1.19 bits per heavy atom. The summed E-state index contributed by atoms with van der Waals surface area (Å²) in [7, 11) is 3.39. The Bertz CT molecular complexity index is 782. The third-order valence-electron chi connectivity index (χ3n) is 3.57. The third kappa shape index (κ3) is 6.99. The highest BCUT2D eigenvalue weighted by Gasteiger charge is 2.31. The minimum atomic E-state index is -4.75. The minimum Gasteiger partial charge on any atom is -0.496 e. The van der Waals surface area contributed by atoms with E-state index in [1.165, 1.54) is 12.1 Å². The van der Waals surface area contributed by atoms with E-state index in [1.807, 2.05) is 7.05 Å². The molecule has 0 aliphatic carbocycles. The summed E-state index contributed by atoms with van der Waals surface area (Å²) < 4.78 is 45.5. The Labute approximate surface area is 159 Å². The maximum Gasteiger partial charge on any atom is 0.573 e. The highest BCUT2D eigenvalue weighted by molar-refractivity contribution is 6.30. The normalized spacial score (nSPS) is 12.4. The lowest BCUT2D eigenvalue weighted by molar-refractivity contribution is -0.885. The van der Waals surface area contributed by atoms with E-state index < -0.39 is 6.36 Å². The molecule has 0 fully saturated rings. The number of nitrogens with one attached hydrogen (secondary N) is 2. The van der Waals surface area contributed by atoms with Gasteiger partial charge in [-0.25, -0.2) is 0 Å². The number of alkyl halides is 3. The van der Waals surface area contributed by atoms with Crippen LogP contribution in [0.3, 0.4) is 0 Å². The van der Waals surface area contributed by atoms with Gasteiger partial charge in [0, 0.05) is 16.3 Å². The van der Waals surface area contributed by atoms with E-state index in [0.717, 1.165) is 22.6 Å². The number of carbonyl (C=O) groups is 1. The molecule has 2 aromatic carbocycles. The second kappa shape index (κ2) is 8.96. The van der Waals surface area contributed by atoms with Gasteiger partial charge in [-0.2, -0.15) is 0 Å². The maximum atomic E-state index is 12.1. The van der Waals surface area contributed by atoms with Gasteiger partial charge in [-0.15, -0.1) is 13.2 Å². The Hall–Kier alpha value is -2.45. The number of likely N-dealkylation sites (N-methyl/N-ethyl adjacent to an activating group) is 1. The first-order valence-corrected chi connectivity index (χ1v) is 8.33. The van der Waals surface area contributed by atoms with Gasteiger partial charge in [0.25, 0.3) is 5.91 Å². The minimum absolute atomic E-state index is 0.149. The molecule has 1 amide bonds. The summed E-state index contributed by atoms with van der Waals surface area (Å²) in [6, 6.07) is 10.2. The zero-order chi connectivity index (χ0) is 20.0. The topological polar surface area (TPSA) is 52.0 Å². The number of halogens is 4. The molecule has 9 heteroatoms. The molecule has 1 atom stereocenters. The number of quaternary nitrogens is 1. The van der Waals surface area contributed by atoms with Gasteiger partial charge in [0.05, 0.1) is 14.2 Å². The Balaban J connectivity index is 1.90. The van der Waals surface area contributed by atoms with Crippen LogP contribution in [0, 0.1) is 0 Å². The maximum absolute atomic E-state index is 12.1. The van der Waals surface area contributed by atoms with Crippen LogP contribution in [-0.2, 0) is 11.3 Å². The molecule has 0 saturated heterocycles. The van der Waals surface area contributed by atoms with Gasteiger partial charge in [0.2, 0.25) is 0 Å². The first-order chi connectivity index (χ1) is 12.7. The van der Waals surface area contributed by atoms with Crippen LogP contribution in [0.4, 0.5) is 18.9 Å². The summed E-state index contributed by atoms with van der Waals surface area (Å²) in [6.45, 7) is 0.659. The van der Waals surface area contributed by atoms with Crippen molar-refractivity contribution in [2.24, 2.45) is 0 Å². The van der Waals surface area contributed by atoms with Crippen molar-refractivity contribution in [3.05, 3.63) is 53.1 Å². The Kier molecular flexibility index (Phi) is 6.92. The highest BCUT2D eigenvalue weighted by atomic mass is 35.5. The number of anilines is 1. The van der Waals surface area contributed by atoms with Crippen LogP contribution >= 0.6 is 11.6 Å². The molecule has 0 saturated carbocycles. The van der Waals surface area contributed by atoms with Crippen molar-refractivity contribution < 1.29 is 32.3 Å². The molecule has 146 valence electrons. The van der Waals surface area contributed by atoms with Gasteiger partial charge in [0.1, 0.15) is 18.0 Å². The summed E-state index contributed by atoms with van der Waals surface area (Å²) in [5.74, 6) is 0.0497. The lowest BCUT2D eigenvalue weighted by Crippen LogP contribution is -3.08. The molecule has 1 unspecified atom stereocenters. The molecule has 0 aliphatic heterocycles. The molecule has 0 heterocycles. The van der Waals surface area contributed by atoms with Crippen LogP contribution in [0.5, 0.6) is 11.5 Å². The Morgan fingerprint density at radius 2 is 1.85 bits per heavy atom. The van der Waals surface area contributed by atoms with Crippen molar-refractivity contribution in [3.63, 3.8) is 0 Å². The van der Waals surface area contributed by atoms with Crippen LogP contribution in [0.2, 0.25) is 5.02 Å². The summed E-state index contributed by atoms with van der Waals surface area (Å²) in [5.41, 5.74) is 1.24. The largest absolute Gasteiger partial charge is 0.573 e. The van der Waals surface area contributed by atoms with Gasteiger partial charge in [-0.05, 0) is 42.5 Å². The number of benzene rings is 2. The van der Waals surface area contributed by atoms with Crippen molar-refractivity contribution in [3.8, 4) is 11.5 Å². The fraction of sp³-hybridized carbons (Fsp3) is 0.278. The molecular formula is C18H19ClF3N2O3+. The molecule has 0 bridgehead atoms. The summed E-state index contributed by atoms with van der Waals surface area (Å²) in [5, 5.41) is 3.21. The lowest BCUT2D eigenvalue weighted by atomic mass is 10.2. The average Bonchev–Trinajstić information content (AvgIpc) is 2.55. The van der Waals surface area contributed by atoms with E-state index in [1.54, 1.807) is 25.3 Å². The van der Waals surface area contributed by atoms with Crippen LogP contribution in [0.1, 0.15) is 5.56 Å². The predicted molar refractivity (Wildman–Crippen MR) is 95.2 cm³/mol. The van der Waals surface area contributed by atoms with E-state index in [9.17, 15) is 18.0 Å². The zero-order valence-electron chi connectivity index (χ0n) is 14.7. The second-order valence-electron chi connectivity index (χ2n) is 5.89. The van der Waals surface area contributed by atoms with E-state index in [2.05, 4.69) is 10.1 Å². The predicted octanol–water partition coefficient (Wildman–Crippen LogP) is 2.90. The average molecular weight is 404 g/mol. The van der Waals surface area contributed by atoms with E-state index >= 15 is 0 Å². The molecule has 0 spiro atoms. The number of hydrogen-bond acceptors (Lipinski definition) is 3. The number of carbonyl (C=O) groups excluding carboxylic acids is 1. The zero-order valence-corrected chi connectivity index (χ0v) is 15.4. The summed E-state index contributed by atoms with van der Waals surface area (Å²) >= 11 is 6.00. The molecular weight excluding hydrogens is 385 g/mol. The van der Waals surface area contributed by atoms with Crippen molar-refractivity contribution in [2.45, 2.75) is 12.9 Å². The molecule has 2 N–H and O–H groups in total. The highest BCUT2D eigenvalue weighted by Crippen LogP contribution is 2.24. The first kappa shape index (κ1) is 20.9. The van der Waals surface area contributed by atoms with Gasteiger partial charge < -0.3 is 19.7 Å². The molecule has 2 rings (SSSR count). The lowest BCUT2D eigenvalue weighted by Gasteiger charge is -2.16. The van der Waals surface area contributed by atoms with E-state index in [0.29, 0.717) is 23.0 Å². The van der Waals surface area contributed by atoms with E-state index in [-0.39, 0.29) is 18.2 Å². The number of rotatable bonds is 7. The number of ether oxygens (including phenoxy) is 2. The molecule has 27 heavy (non-hydrogen) atoms. The molecule has 2 aromatic rings.